The van der Waals surface area contributed by atoms with Crippen LogP contribution in [0.4, 0.5) is 5.69 Å². The van der Waals surface area contributed by atoms with Gasteiger partial charge in [0.1, 0.15) is 0 Å². The highest BCUT2D eigenvalue weighted by Gasteiger charge is 2.14. The van der Waals surface area contributed by atoms with E-state index in [2.05, 4.69) is 26.0 Å². The van der Waals surface area contributed by atoms with Crippen molar-refractivity contribution < 1.29 is 13.2 Å². The summed E-state index contributed by atoms with van der Waals surface area (Å²) in [5.74, 6) is -0.159. The molecule has 3 aromatic rings. The lowest BCUT2D eigenvalue weighted by atomic mass is 10.0. The molecule has 0 aliphatic heterocycles. The molecule has 7 heteroatoms. The van der Waals surface area contributed by atoms with E-state index in [0.29, 0.717) is 11.3 Å². The normalized spacial score (nSPS) is 12.6. The Bertz CT molecular complexity index is 1160. The minimum absolute atomic E-state index is 0.159. The fourth-order valence-corrected chi connectivity index (χ4v) is 4.00. The summed E-state index contributed by atoms with van der Waals surface area (Å²) in [4.78, 5) is 12.7. The summed E-state index contributed by atoms with van der Waals surface area (Å²) in [5.41, 5.74) is 2.81. The standard InChI is InChI=1S/C21H21BrN2O3S/c1-13-10-15(7-9-20(13)24-28(3,26)27)14(2)23-21(25)18-5-4-17-12-19(22)8-6-16(17)11-18/h4-12,14,24H,1-3H3,(H,23,25)/t14-/m1/s1. The Hall–Kier alpha value is -2.38. The van der Waals surface area contributed by atoms with Gasteiger partial charge in [-0.25, -0.2) is 8.42 Å². The Morgan fingerprint density at radius 1 is 1.00 bits per heavy atom. The highest BCUT2D eigenvalue weighted by atomic mass is 79.9. The molecule has 0 spiro atoms. The molecule has 0 bridgehead atoms. The lowest BCUT2D eigenvalue weighted by molar-refractivity contribution is 0.0940. The summed E-state index contributed by atoms with van der Waals surface area (Å²) in [7, 11) is -3.33. The quantitative estimate of drug-likeness (QED) is 0.575. The second kappa shape index (κ2) is 7.93. The summed E-state index contributed by atoms with van der Waals surface area (Å²) in [5, 5.41) is 5.05. The largest absolute Gasteiger partial charge is 0.346 e. The van der Waals surface area contributed by atoms with Crippen molar-refractivity contribution >= 4 is 48.3 Å². The molecule has 0 heterocycles. The minimum atomic E-state index is -3.33. The minimum Gasteiger partial charge on any atom is -0.346 e. The van der Waals surface area contributed by atoms with Crippen LogP contribution in [-0.4, -0.2) is 20.6 Å². The van der Waals surface area contributed by atoms with Crippen molar-refractivity contribution in [1.29, 1.82) is 0 Å². The van der Waals surface area contributed by atoms with Crippen LogP contribution in [-0.2, 0) is 10.0 Å². The van der Waals surface area contributed by atoms with Gasteiger partial charge < -0.3 is 5.32 Å². The Labute approximate surface area is 173 Å². The van der Waals surface area contributed by atoms with Gasteiger partial charge in [0.2, 0.25) is 10.0 Å². The van der Waals surface area contributed by atoms with Gasteiger partial charge in [0.25, 0.3) is 5.91 Å². The lowest BCUT2D eigenvalue weighted by Crippen LogP contribution is -2.26. The number of rotatable bonds is 5. The topological polar surface area (TPSA) is 75.3 Å². The third-order valence-electron chi connectivity index (χ3n) is 4.46. The molecular formula is C21H21BrN2O3S. The van der Waals surface area contributed by atoms with Gasteiger partial charge in [-0.3, -0.25) is 9.52 Å². The first-order valence-electron chi connectivity index (χ1n) is 8.71. The van der Waals surface area contributed by atoms with E-state index in [-0.39, 0.29) is 11.9 Å². The van der Waals surface area contributed by atoms with Crippen molar-refractivity contribution in [2.45, 2.75) is 19.9 Å². The predicted molar refractivity (Wildman–Crippen MR) is 117 cm³/mol. The maximum absolute atomic E-state index is 12.7. The molecule has 0 fully saturated rings. The first kappa shape index (κ1) is 20.4. The Kier molecular flexibility index (Phi) is 5.76. The lowest BCUT2D eigenvalue weighted by Gasteiger charge is -2.17. The third-order valence-corrected chi connectivity index (χ3v) is 5.54. The number of halogens is 1. The molecule has 2 N–H and O–H groups in total. The zero-order valence-corrected chi connectivity index (χ0v) is 18.2. The maximum atomic E-state index is 12.7. The Morgan fingerprint density at radius 2 is 1.68 bits per heavy atom. The smallest absolute Gasteiger partial charge is 0.251 e. The number of benzene rings is 3. The van der Waals surface area contributed by atoms with Gasteiger partial charge in [0.15, 0.2) is 0 Å². The van der Waals surface area contributed by atoms with E-state index in [0.717, 1.165) is 32.6 Å². The molecule has 3 rings (SSSR count). The average Bonchev–Trinajstić information content (AvgIpc) is 2.61. The van der Waals surface area contributed by atoms with Crippen molar-refractivity contribution in [2.75, 3.05) is 11.0 Å². The third kappa shape index (κ3) is 4.91. The van der Waals surface area contributed by atoms with Crippen LogP contribution in [0.15, 0.2) is 59.1 Å². The number of nitrogens with one attached hydrogen (secondary N) is 2. The summed E-state index contributed by atoms with van der Waals surface area (Å²) >= 11 is 3.45. The molecule has 1 amide bonds. The fraction of sp³-hybridized carbons (Fsp3) is 0.190. The number of aryl methyl sites for hydroxylation is 1. The van der Waals surface area contributed by atoms with Crippen molar-refractivity contribution in [3.63, 3.8) is 0 Å². The number of fused-ring (bicyclic) bond motifs is 1. The average molecular weight is 461 g/mol. The van der Waals surface area contributed by atoms with Gasteiger partial charge >= 0.3 is 0 Å². The molecule has 0 unspecified atom stereocenters. The summed E-state index contributed by atoms with van der Waals surface area (Å²) in [6, 6.07) is 16.7. The molecule has 1 atom stereocenters. The highest BCUT2D eigenvalue weighted by molar-refractivity contribution is 9.10. The first-order valence-corrected chi connectivity index (χ1v) is 11.4. The van der Waals surface area contributed by atoms with E-state index < -0.39 is 10.0 Å². The van der Waals surface area contributed by atoms with Crippen LogP contribution in [0.5, 0.6) is 0 Å². The Balaban J connectivity index is 1.77. The second-order valence-electron chi connectivity index (χ2n) is 6.85. The summed E-state index contributed by atoms with van der Waals surface area (Å²) in [6.07, 6.45) is 1.12. The van der Waals surface area contributed by atoms with E-state index in [1.165, 1.54) is 0 Å². The maximum Gasteiger partial charge on any atom is 0.251 e. The van der Waals surface area contributed by atoms with Crippen LogP contribution in [0, 0.1) is 6.92 Å². The van der Waals surface area contributed by atoms with Gasteiger partial charge in [-0.1, -0.05) is 40.2 Å². The summed E-state index contributed by atoms with van der Waals surface area (Å²) in [6.45, 7) is 3.72. The van der Waals surface area contributed by atoms with Crippen molar-refractivity contribution in [2.24, 2.45) is 0 Å². The van der Waals surface area contributed by atoms with Crippen molar-refractivity contribution in [1.82, 2.24) is 5.32 Å². The number of hydrogen-bond donors (Lipinski definition) is 2. The predicted octanol–water partition coefficient (Wildman–Crippen LogP) is 4.77. The molecule has 0 radical (unpaired) electrons. The number of carbonyl (C=O) groups excluding carboxylic acids is 1. The molecule has 146 valence electrons. The molecule has 0 saturated carbocycles. The van der Waals surface area contributed by atoms with Crippen LogP contribution in [0.25, 0.3) is 10.8 Å². The van der Waals surface area contributed by atoms with E-state index in [1.54, 1.807) is 12.1 Å². The molecule has 3 aromatic carbocycles. The number of sulfonamides is 1. The monoisotopic (exact) mass is 460 g/mol. The van der Waals surface area contributed by atoms with Gasteiger partial charge in [0, 0.05) is 10.0 Å². The summed E-state index contributed by atoms with van der Waals surface area (Å²) < 4.78 is 26.3. The molecule has 0 saturated heterocycles. The number of anilines is 1. The van der Waals surface area contributed by atoms with Crippen molar-refractivity contribution in [3.05, 3.63) is 75.8 Å². The first-order chi connectivity index (χ1) is 13.1. The van der Waals surface area contributed by atoms with E-state index >= 15 is 0 Å². The number of carbonyl (C=O) groups is 1. The van der Waals surface area contributed by atoms with Crippen molar-refractivity contribution in [3.8, 4) is 0 Å². The van der Waals surface area contributed by atoms with E-state index in [1.807, 2.05) is 56.3 Å². The van der Waals surface area contributed by atoms with Gasteiger partial charge in [-0.2, -0.15) is 0 Å². The van der Waals surface area contributed by atoms with Crippen LogP contribution in [0.3, 0.4) is 0 Å². The van der Waals surface area contributed by atoms with Crippen LogP contribution in [0.2, 0.25) is 0 Å². The molecular weight excluding hydrogens is 440 g/mol. The van der Waals surface area contributed by atoms with Crippen LogP contribution < -0.4 is 10.0 Å². The molecule has 0 aliphatic carbocycles. The SMILES string of the molecule is Cc1cc([C@@H](C)NC(=O)c2ccc3cc(Br)ccc3c2)ccc1NS(C)(=O)=O. The Morgan fingerprint density at radius 3 is 2.36 bits per heavy atom. The number of amides is 1. The zero-order valence-electron chi connectivity index (χ0n) is 15.8. The van der Waals surface area contributed by atoms with Gasteiger partial charge in [-0.05, 0) is 66.1 Å². The van der Waals surface area contributed by atoms with Crippen LogP contribution in [0.1, 0.15) is 34.5 Å². The van der Waals surface area contributed by atoms with Crippen LogP contribution >= 0.6 is 15.9 Å². The zero-order chi connectivity index (χ0) is 20.5. The van der Waals surface area contributed by atoms with E-state index in [9.17, 15) is 13.2 Å². The van der Waals surface area contributed by atoms with E-state index in [4.69, 9.17) is 0 Å². The highest BCUT2D eigenvalue weighted by Crippen LogP contribution is 2.23. The molecule has 28 heavy (non-hydrogen) atoms. The van der Waals surface area contributed by atoms with Gasteiger partial charge in [0.05, 0.1) is 18.0 Å². The molecule has 5 nitrogen and oxygen atoms in total. The second-order valence-corrected chi connectivity index (χ2v) is 9.51. The van der Waals surface area contributed by atoms with Gasteiger partial charge in [-0.15, -0.1) is 0 Å². The fourth-order valence-electron chi connectivity index (χ4n) is 2.99. The molecule has 0 aromatic heterocycles. The molecule has 0 aliphatic rings. The number of hydrogen-bond acceptors (Lipinski definition) is 3.